The fourth-order valence-corrected chi connectivity index (χ4v) is 6.59. The molecular weight excluding hydrogens is 624 g/mol. The van der Waals surface area contributed by atoms with Gasteiger partial charge in [0.2, 0.25) is 11.8 Å². The summed E-state index contributed by atoms with van der Waals surface area (Å²) in [5.74, 6) is -1.53. The maximum atomic E-state index is 14.4. The van der Waals surface area contributed by atoms with Gasteiger partial charge in [0.25, 0.3) is 10.0 Å². The molecule has 11 heteroatoms. The summed E-state index contributed by atoms with van der Waals surface area (Å²) >= 11 is 12.5. The highest BCUT2D eigenvalue weighted by molar-refractivity contribution is 7.92. The third-order valence-electron chi connectivity index (χ3n) is 6.71. The van der Waals surface area contributed by atoms with Crippen LogP contribution in [-0.4, -0.2) is 43.8 Å². The van der Waals surface area contributed by atoms with Crippen molar-refractivity contribution in [1.29, 1.82) is 0 Å². The molecule has 1 atom stereocenters. The lowest BCUT2D eigenvalue weighted by molar-refractivity contribution is -0.140. The number of hydrogen-bond donors (Lipinski definition) is 1. The predicted octanol–water partition coefficient (Wildman–Crippen LogP) is 6.49. The van der Waals surface area contributed by atoms with Crippen LogP contribution in [0.5, 0.6) is 0 Å². The number of carbonyl (C=O) groups is 2. The fourth-order valence-electron chi connectivity index (χ4n) is 4.65. The van der Waals surface area contributed by atoms with Crippen molar-refractivity contribution in [3.05, 3.63) is 130 Å². The third-order valence-corrected chi connectivity index (χ3v) is 8.94. The second-order valence-corrected chi connectivity index (χ2v) is 13.2. The van der Waals surface area contributed by atoms with E-state index >= 15 is 0 Å². The van der Waals surface area contributed by atoms with Crippen LogP contribution in [0.2, 0.25) is 10.0 Å². The maximum Gasteiger partial charge on any atom is 0.264 e. The van der Waals surface area contributed by atoms with Gasteiger partial charge in [0.1, 0.15) is 18.4 Å². The van der Waals surface area contributed by atoms with E-state index in [-0.39, 0.29) is 39.6 Å². The minimum Gasteiger partial charge on any atom is -0.352 e. The molecule has 0 saturated heterocycles. The smallest absolute Gasteiger partial charge is 0.264 e. The molecule has 4 rings (SSSR count). The summed E-state index contributed by atoms with van der Waals surface area (Å²) in [6, 6.07) is 25.4. The number of nitrogens with zero attached hydrogens (tertiary/aromatic N) is 2. The Morgan fingerprint density at radius 3 is 1.95 bits per heavy atom. The molecule has 0 radical (unpaired) electrons. The van der Waals surface area contributed by atoms with Crippen molar-refractivity contribution < 1.29 is 22.4 Å². The van der Waals surface area contributed by atoms with Gasteiger partial charge in [-0.15, -0.1) is 0 Å². The molecule has 0 unspecified atom stereocenters. The molecule has 0 heterocycles. The first kappa shape index (κ1) is 33.0. The molecule has 7 nitrogen and oxygen atoms in total. The Morgan fingerprint density at radius 2 is 1.39 bits per heavy atom. The molecule has 0 aliphatic heterocycles. The summed E-state index contributed by atoms with van der Waals surface area (Å²) < 4.78 is 42.7. The van der Waals surface area contributed by atoms with Crippen molar-refractivity contribution in [2.45, 2.75) is 43.8 Å². The SMILES string of the molecule is CC(C)NC(=O)[C@@H](Cc1ccccc1)N(Cc1ccc(F)cc1)C(=O)CN(c1cc(Cl)cc(Cl)c1)S(=O)(=O)c1ccccc1. The topological polar surface area (TPSA) is 86.8 Å². The maximum absolute atomic E-state index is 14.4. The first-order valence-corrected chi connectivity index (χ1v) is 16.1. The van der Waals surface area contributed by atoms with Crippen molar-refractivity contribution in [2.75, 3.05) is 10.8 Å². The number of amides is 2. The molecule has 2 amide bonds. The lowest BCUT2D eigenvalue weighted by atomic mass is 10.0. The van der Waals surface area contributed by atoms with E-state index in [0.29, 0.717) is 5.56 Å². The Kier molecular flexibility index (Phi) is 11.0. The average Bonchev–Trinajstić information content (AvgIpc) is 2.98. The number of carbonyl (C=O) groups excluding carboxylic acids is 2. The Balaban J connectivity index is 1.82. The van der Waals surface area contributed by atoms with Crippen LogP contribution in [0.3, 0.4) is 0 Å². The minimum atomic E-state index is -4.30. The molecule has 0 aliphatic carbocycles. The van der Waals surface area contributed by atoms with Crippen molar-refractivity contribution in [1.82, 2.24) is 10.2 Å². The van der Waals surface area contributed by atoms with E-state index in [1.807, 2.05) is 30.3 Å². The first-order valence-electron chi connectivity index (χ1n) is 13.9. The molecule has 1 N–H and O–H groups in total. The Bertz CT molecular complexity index is 1670. The highest BCUT2D eigenvalue weighted by atomic mass is 35.5. The number of benzene rings is 4. The van der Waals surface area contributed by atoms with Crippen LogP contribution in [0.4, 0.5) is 10.1 Å². The molecule has 0 spiro atoms. The lowest BCUT2D eigenvalue weighted by Gasteiger charge is -2.34. The van der Waals surface area contributed by atoms with Crippen molar-refractivity contribution in [2.24, 2.45) is 0 Å². The summed E-state index contributed by atoms with van der Waals surface area (Å²) in [7, 11) is -4.30. The van der Waals surface area contributed by atoms with Gasteiger partial charge in [-0.3, -0.25) is 13.9 Å². The van der Waals surface area contributed by atoms with Gasteiger partial charge in [-0.1, -0.05) is 83.9 Å². The Hall–Kier alpha value is -3.92. The van der Waals surface area contributed by atoms with Crippen molar-refractivity contribution >= 4 is 50.7 Å². The van der Waals surface area contributed by atoms with Gasteiger partial charge in [0.15, 0.2) is 0 Å². The number of sulfonamides is 1. The summed E-state index contributed by atoms with van der Waals surface area (Å²) in [6.45, 7) is 2.86. The van der Waals surface area contributed by atoms with Crippen LogP contribution in [0.15, 0.2) is 108 Å². The second kappa shape index (κ2) is 14.7. The van der Waals surface area contributed by atoms with Crippen LogP contribution in [-0.2, 0) is 32.6 Å². The molecule has 0 aromatic heterocycles. The number of rotatable bonds is 12. The van der Waals surface area contributed by atoms with E-state index < -0.39 is 40.2 Å². The quantitative estimate of drug-likeness (QED) is 0.189. The van der Waals surface area contributed by atoms with E-state index in [9.17, 15) is 22.4 Å². The zero-order valence-corrected chi connectivity index (χ0v) is 26.5. The van der Waals surface area contributed by atoms with E-state index in [1.165, 1.54) is 59.5 Å². The zero-order valence-electron chi connectivity index (χ0n) is 24.2. The van der Waals surface area contributed by atoms with Crippen LogP contribution in [0.25, 0.3) is 0 Å². The predicted molar refractivity (Wildman–Crippen MR) is 172 cm³/mol. The molecule has 230 valence electrons. The fraction of sp³-hybridized carbons (Fsp3) is 0.212. The summed E-state index contributed by atoms with van der Waals surface area (Å²) in [4.78, 5) is 29.3. The Labute approximate surface area is 267 Å². The van der Waals surface area contributed by atoms with Gasteiger partial charge in [-0.05, 0) is 67.4 Å². The molecule has 44 heavy (non-hydrogen) atoms. The molecule has 4 aromatic rings. The molecular formula is C33H32Cl2FN3O4S. The summed E-state index contributed by atoms with van der Waals surface area (Å²) in [5.41, 5.74) is 1.43. The number of halogens is 3. The van der Waals surface area contributed by atoms with E-state index in [0.717, 1.165) is 9.87 Å². The largest absolute Gasteiger partial charge is 0.352 e. The molecule has 0 fully saturated rings. The summed E-state index contributed by atoms with van der Waals surface area (Å²) in [5, 5.41) is 3.24. The number of hydrogen-bond acceptors (Lipinski definition) is 4. The highest BCUT2D eigenvalue weighted by Gasteiger charge is 2.35. The molecule has 0 saturated carbocycles. The van der Waals surface area contributed by atoms with Gasteiger partial charge in [-0.2, -0.15) is 0 Å². The van der Waals surface area contributed by atoms with E-state index in [1.54, 1.807) is 32.0 Å². The normalized spacial score (nSPS) is 12.0. The van der Waals surface area contributed by atoms with Gasteiger partial charge in [-0.25, -0.2) is 12.8 Å². The van der Waals surface area contributed by atoms with Crippen LogP contribution in [0, 0.1) is 5.82 Å². The zero-order chi connectivity index (χ0) is 31.9. The molecule has 0 bridgehead atoms. The van der Waals surface area contributed by atoms with Gasteiger partial charge in [0.05, 0.1) is 10.6 Å². The lowest BCUT2D eigenvalue weighted by Crippen LogP contribution is -2.54. The summed E-state index contributed by atoms with van der Waals surface area (Å²) in [6.07, 6.45) is 0.154. The van der Waals surface area contributed by atoms with E-state index in [2.05, 4.69) is 5.32 Å². The monoisotopic (exact) mass is 655 g/mol. The average molecular weight is 657 g/mol. The van der Waals surface area contributed by atoms with Crippen molar-refractivity contribution in [3.63, 3.8) is 0 Å². The highest BCUT2D eigenvalue weighted by Crippen LogP contribution is 2.30. The minimum absolute atomic E-state index is 0.0487. The molecule has 4 aromatic carbocycles. The number of nitrogens with one attached hydrogen (secondary N) is 1. The Morgan fingerprint density at radius 1 is 0.818 bits per heavy atom. The van der Waals surface area contributed by atoms with Crippen molar-refractivity contribution in [3.8, 4) is 0 Å². The number of anilines is 1. The van der Waals surface area contributed by atoms with E-state index in [4.69, 9.17) is 23.2 Å². The van der Waals surface area contributed by atoms with Gasteiger partial charge >= 0.3 is 0 Å². The van der Waals surface area contributed by atoms with Crippen LogP contribution in [0.1, 0.15) is 25.0 Å². The first-order chi connectivity index (χ1) is 20.9. The second-order valence-electron chi connectivity index (χ2n) is 10.5. The third kappa shape index (κ3) is 8.59. The van der Waals surface area contributed by atoms with Crippen LogP contribution >= 0.6 is 23.2 Å². The van der Waals surface area contributed by atoms with Gasteiger partial charge < -0.3 is 10.2 Å². The van der Waals surface area contributed by atoms with Crippen LogP contribution < -0.4 is 9.62 Å². The van der Waals surface area contributed by atoms with Gasteiger partial charge in [0, 0.05) is 29.1 Å². The standard InChI is InChI=1S/C33H32Cl2FN3O4S/c1-23(2)37-33(41)31(17-24-9-5-3-6-10-24)38(21-25-13-15-28(36)16-14-25)32(40)22-39(29-19-26(34)18-27(35)20-29)44(42,43)30-11-7-4-8-12-30/h3-16,18-20,23,31H,17,21-22H2,1-2H3,(H,37,41)/t31-/m1/s1. The molecule has 0 aliphatic rings.